The Morgan fingerprint density at radius 2 is 1.70 bits per heavy atom. The number of carbonyl (C=O) groups excluding carboxylic acids is 1. The van der Waals surface area contributed by atoms with Gasteiger partial charge in [0.05, 0.1) is 26.2 Å². The molecule has 4 aromatic rings. The van der Waals surface area contributed by atoms with Gasteiger partial charge in [0, 0.05) is 28.7 Å². The highest BCUT2D eigenvalue weighted by Gasteiger charge is 2.26. The SMILES string of the molecule is CONC(=O)Nc1ccc(-c2sc3c(c2CN(C)C)c(=O)n(C2=CC=C(OC)NN2)c(=O)n3Cc2c(F)cccc2F)cc1. The van der Waals surface area contributed by atoms with Crippen LogP contribution in [0, 0.1) is 11.6 Å². The minimum atomic E-state index is -0.821. The Balaban J connectivity index is 1.77. The topological polar surface area (TPSA) is 131 Å². The van der Waals surface area contributed by atoms with Gasteiger partial charge < -0.3 is 15.0 Å². The van der Waals surface area contributed by atoms with E-state index in [1.165, 1.54) is 37.0 Å². The fraction of sp³-hybridized carbons (Fsp3) is 0.207. The number of halogens is 2. The number of allylic oxidation sites excluding steroid dienone is 2. The highest BCUT2D eigenvalue weighted by Crippen LogP contribution is 2.38. The smallest absolute Gasteiger partial charge is 0.343 e. The zero-order valence-corrected chi connectivity index (χ0v) is 25.0. The van der Waals surface area contributed by atoms with Gasteiger partial charge in [-0.15, -0.1) is 11.3 Å². The number of aromatic nitrogens is 2. The second kappa shape index (κ2) is 12.7. The number of anilines is 1. The summed E-state index contributed by atoms with van der Waals surface area (Å²) in [6.07, 6.45) is 3.02. The molecule has 2 amide bonds. The molecule has 1 aliphatic heterocycles. The number of carbonyl (C=O) groups is 1. The molecule has 0 aliphatic carbocycles. The Hall–Kier alpha value is -4.99. The fourth-order valence-electron chi connectivity index (χ4n) is 4.73. The van der Waals surface area contributed by atoms with E-state index in [-0.39, 0.29) is 21.6 Å². The number of rotatable bonds is 9. The summed E-state index contributed by atoms with van der Waals surface area (Å²) in [4.78, 5) is 47.5. The Bertz CT molecular complexity index is 1890. The minimum absolute atomic E-state index is 0.0961. The lowest BCUT2D eigenvalue weighted by Gasteiger charge is -2.20. The van der Waals surface area contributed by atoms with Crippen LogP contribution in [-0.2, 0) is 22.7 Å². The standard InChI is InChI=1S/C29H29F2N7O5S/c1-36(2)14-19-24-26(39)38(22-12-13-23(42-3)34-33-22)29(41)37(15-18-20(30)6-5-7-21(18)31)27(24)44-25(19)16-8-10-17(11-9-16)32-28(40)35-43-4/h5-13,33-34H,14-15H2,1-4H3,(H2,32,35,40). The van der Waals surface area contributed by atoms with Crippen molar-refractivity contribution >= 4 is 39.1 Å². The summed E-state index contributed by atoms with van der Waals surface area (Å²) in [5.74, 6) is -1.20. The van der Waals surface area contributed by atoms with E-state index in [9.17, 15) is 23.2 Å². The molecule has 12 nitrogen and oxygen atoms in total. The third-order valence-corrected chi connectivity index (χ3v) is 8.00. The van der Waals surface area contributed by atoms with Crippen LogP contribution >= 0.6 is 11.3 Å². The number of urea groups is 1. The van der Waals surface area contributed by atoms with Crippen LogP contribution in [0.25, 0.3) is 26.5 Å². The van der Waals surface area contributed by atoms with Gasteiger partial charge in [0.25, 0.3) is 5.56 Å². The Labute approximate surface area is 253 Å². The van der Waals surface area contributed by atoms with Crippen molar-refractivity contribution in [1.29, 1.82) is 0 Å². The normalized spacial score (nSPS) is 12.8. The molecular weight excluding hydrogens is 596 g/mol. The fourth-order valence-corrected chi connectivity index (χ4v) is 6.03. The predicted octanol–water partition coefficient (Wildman–Crippen LogP) is 3.36. The van der Waals surface area contributed by atoms with Crippen molar-refractivity contribution < 1.29 is 23.1 Å². The first-order chi connectivity index (χ1) is 21.1. The molecule has 0 fully saturated rings. The van der Waals surface area contributed by atoms with Gasteiger partial charge in [0.15, 0.2) is 0 Å². The summed E-state index contributed by atoms with van der Waals surface area (Å²) in [5, 5.41) is 2.85. The van der Waals surface area contributed by atoms with Crippen LogP contribution in [0.3, 0.4) is 0 Å². The second-order valence-electron chi connectivity index (χ2n) is 9.91. The van der Waals surface area contributed by atoms with Crippen molar-refractivity contribution in [1.82, 2.24) is 30.4 Å². The molecular formula is C29H29F2N7O5S. The van der Waals surface area contributed by atoms with Crippen LogP contribution in [-0.4, -0.2) is 48.4 Å². The molecule has 2 aromatic carbocycles. The lowest BCUT2D eigenvalue weighted by atomic mass is 10.1. The number of methoxy groups -OCH3 is 1. The van der Waals surface area contributed by atoms with Crippen LogP contribution in [0.5, 0.6) is 0 Å². The summed E-state index contributed by atoms with van der Waals surface area (Å²) >= 11 is 1.16. The summed E-state index contributed by atoms with van der Waals surface area (Å²) < 4.78 is 37.0. The van der Waals surface area contributed by atoms with Crippen LogP contribution < -0.4 is 32.9 Å². The van der Waals surface area contributed by atoms with Gasteiger partial charge in [-0.25, -0.2) is 28.4 Å². The first kappa shape index (κ1) is 30.5. The molecule has 0 saturated carbocycles. The van der Waals surface area contributed by atoms with Gasteiger partial charge in [-0.3, -0.25) is 25.1 Å². The monoisotopic (exact) mass is 625 g/mol. The van der Waals surface area contributed by atoms with Crippen molar-refractivity contribution in [2.24, 2.45) is 0 Å². The number of ether oxygens (including phenoxy) is 1. The molecule has 2 aromatic heterocycles. The van der Waals surface area contributed by atoms with E-state index in [4.69, 9.17) is 4.74 Å². The van der Waals surface area contributed by atoms with Gasteiger partial charge in [0.2, 0.25) is 5.88 Å². The van der Waals surface area contributed by atoms with E-state index in [1.54, 1.807) is 24.3 Å². The minimum Gasteiger partial charge on any atom is -0.481 e. The molecule has 0 unspecified atom stereocenters. The number of hydrogen-bond donors (Lipinski definition) is 4. The number of fused-ring (bicyclic) bond motifs is 1. The van der Waals surface area contributed by atoms with E-state index in [0.29, 0.717) is 34.1 Å². The molecule has 44 heavy (non-hydrogen) atoms. The molecule has 0 saturated heterocycles. The first-order valence-electron chi connectivity index (χ1n) is 13.2. The molecule has 4 N–H and O–H groups in total. The third-order valence-electron chi connectivity index (χ3n) is 6.69. The molecule has 5 rings (SSSR count). The van der Waals surface area contributed by atoms with Crippen molar-refractivity contribution in [3.63, 3.8) is 0 Å². The number of nitrogens with zero attached hydrogens (tertiary/aromatic N) is 3. The maximum Gasteiger partial charge on any atom is 0.343 e. The molecule has 3 heterocycles. The average Bonchev–Trinajstić information content (AvgIpc) is 3.36. The zero-order valence-electron chi connectivity index (χ0n) is 24.2. The van der Waals surface area contributed by atoms with E-state index >= 15 is 0 Å². The molecule has 0 bridgehead atoms. The van der Waals surface area contributed by atoms with Crippen LogP contribution in [0.1, 0.15) is 11.1 Å². The van der Waals surface area contributed by atoms with Gasteiger partial charge in [0.1, 0.15) is 22.3 Å². The molecule has 0 spiro atoms. The number of thiophene rings is 1. The predicted molar refractivity (Wildman–Crippen MR) is 163 cm³/mol. The maximum absolute atomic E-state index is 14.9. The van der Waals surface area contributed by atoms with E-state index in [2.05, 4.69) is 26.5 Å². The number of nitrogens with one attached hydrogen (secondary N) is 4. The summed E-state index contributed by atoms with van der Waals surface area (Å²) in [6, 6.07) is 9.78. The number of amides is 2. The van der Waals surface area contributed by atoms with E-state index in [1.807, 2.05) is 19.0 Å². The number of hydroxylamine groups is 1. The molecule has 15 heteroatoms. The first-order valence-corrected chi connectivity index (χ1v) is 14.0. The molecule has 0 atom stereocenters. The third kappa shape index (κ3) is 5.92. The molecule has 230 valence electrons. The van der Waals surface area contributed by atoms with Crippen LogP contribution in [0.4, 0.5) is 19.3 Å². The Kier molecular flexibility index (Phi) is 8.80. The highest BCUT2D eigenvalue weighted by molar-refractivity contribution is 7.22. The largest absolute Gasteiger partial charge is 0.481 e. The summed E-state index contributed by atoms with van der Waals surface area (Å²) in [6.45, 7) is -0.154. The zero-order chi connectivity index (χ0) is 31.5. The van der Waals surface area contributed by atoms with Crippen molar-refractivity contribution in [3.05, 3.63) is 104 Å². The van der Waals surface area contributed by atoms with Gasteiger partial charge in [-0.2, -0.15) is 0 Å². The lowest BCUT2D eigenvalue weighted by Crippen LogP contribution is -2.46. The number of benzene rings is 2. The number of hydrazine groups is 1. The highest BCUT2D eigenvalue weighted by atomic mass is 32.1. The maximum atomic E-state index is 14.9. The van der Waals surface area contributed by atoms with Gasteiger partial charge in [-0.1, -0.05) is 18.2 Å². The van der Waals surface area contributed by atoms with E-state index < -0.39 is 35.5 Å². The van der Waals surface area contributed by atoms with Crippen molar-refractivity contribution in [2.75, 3.05) is 33.6 Å². The average molecular weight is 626 g/mol. The molecule has 1 aliphatic rings. The Morgan fingerprint density at radius 3 is 2.30 bits per heavy atom. The lowest BCUT2D eigenvalue weighted by molar-refractivity contribution is 0.114. The second-order valence-corrected chi connectivity index (χ2v) is 10.9. The summed E-state index contributed by atoms with van der Waals surface area (Å²) in [5.41, 5.74) is 7.79. The van der Waals surface area contributed by atoms with Crippen LogP contribution in [0.15, 0.2) is 70.1 Å². The van der Waals surface area contributed by atoms with Gasteiger partial charge in [-0.05, 0) is 55.6 Å². The van der Waals surface area contributed by atoms with Crippen molar-refractivity contribution in [3.8, 4) is 10.4 Å². The molecule has 0 radical (unpaired) electrons. The Morgan fingerprint density at radius 1 is 1.00 bits per heavy atom. The summed E-state index contributed by atoms with van der Waals surface area (Å²) in [7, 11) is 6.44. The van der Waals surface area contributed by atoms with Gasteiger partial charge >= 0.3 is 11.7 Å². The van der Waals surface area contributed by atoms with E-state index in [0.717, 1.165) is 28.0 Å². The quantitative estimate of drug-likeness (QED) is 0.209. The number of hydrogen-bond acceptors (Lipinski definition) is 9. The van der Waals surface area contributed by atoms with Crippen molar-refractivity contribution in [2.45, 2.75) is 13.1 Å². The van der Waals surface area contributed by atoms with Crippen LogP contribution in [0.2, 0.25) is 0 Å².